The lowest BCUT2D eigenvalue weighted by atomic mass is 10.3. The zero-order valence-electron chi connectivity index (χ0n) is 12.7. The van der Waals surface area contributed by atoms with Crippen LogP contribution in [0.4, 0.5) is 0 Å². The summed E-state index contributed by atoms with van der Waals surface area (Å²) in [6.07, 6.45) is 4.89. The van der Waals surface area contributed by atoms with Crippen LogP contribution in [0.1, 0.15) is 19.3 Å². The third kappa shape index (κ3) is 3.39. The Kier molecular flexibility index (Phi) is 4.36. The number of imide groups is 1. The lowest BCUT2D eigenvalue weighted by Crippen LogP contribution is -2.40. The topological polar surface area (TPSA) is 84.3 Å². The predicted molar refractivity (Wildman–Crippen MR) is 83.3 cm³/mol. The predicted octanol–water partition coefficient (Wildman–Crippen LogP) is 0.692. The molecule has 120 valence electrons. The maximum atomic E-state index is 11.8. The first kappa shape index (κ1) is 15.2. The van der Waals surface area contributed by atoms with Crippen LogP contribution in [0.3, 0.4) is 0 Å². The van der Waals surface area contributed by atoms with Gasteiger partial charge in [-0.1, -0.05) is 0 Å². The molecule has 7 heteroatoms. The molecular weight excluding hydrogens is 296 g/mol. The number of aromatic nitrogens is 2. The summed E-state index contributed by atoms with van der Waals surface area (Å²) >= 11 is 0. The van der Waals surface area contributed by atoms with Crippen LogP contribution in [0.5, 0.6) is 0 Å². The van der Waals surface area contributed by atoms with Crippen LogP contribution < -0.4 is 5.32 Å². The van der Waals surface area contributed by atoms with Gasteiger partial charge >= 0.3 is 0 Å². The van der Waals surface area contributed by atoms with Gasteiger partial charge in [-0.15, -0.1) is 0 Å². The standard InChI is InChI=1S/C16H18N4O3/c21-13(11-20-14(22)4-5-15(20)23)17-8-2-9-19-10-6-12-3-1-7-18-16(12)19/h1,3,6-7,10H,2,4-5,8-9,11H2,(H,17,21). The van der Waals surface area contributed by atoms with E-state index in [1.165, 1.54) is 0 Å². The van der Waals surface area contributed by atoms with Crippen LogP contribution in [0.2, 0.25) is 0 Å². The highest BCUT2D eigenvalue weighted by Gasteiger charge is 2.30. The third-order valence-corrected chi connectivity index (χ3v) is 3.88. The molecule has 1 aliphatic heterocycles. The highest BCUT2D eigenvalue weighted by atomic mass is 16.2. The first-order valence-electron chi connectivity index (χ1n) is 7.65. The molecule has 1 fully saturated rings. The van der Waals surface area contributed by atoms with Crippen molar-refractivity contribution in [3.63, 3.8) is 0 Å². The molecule has 0 aliphatic carbocycles. The average molecular weight is 314 g/mol. The van der Waals surface area contributed by atoms with Crippen molar-refractivity contribution in [3.8, 4) is 0 Å². The molecule has 3 amide bonds. The number of nitrogens with one attached hydrogen (secondary N) is 1. The van der Waals surface area contributed by atoms with E-state index in [1.54, 1.807) is 6.20 Å². The number of hydrogen-bond donors (Lipinski definition) is 1. The molecule has 0 spiro atoms. The Hall–Kier alpha value is -2.70. The smallest absolute Gasteiger partial charge is 0.240 e. The molecule has 0 saturated carbocycles. The summed E-state index contributed by atoms with van der Waals surface area (Å²) < 4.78 is 2.04. The molecule has 2 aromatic rings. The fourth-order valence-electron chi connectivity index (χ4n) is 2.68. The minimum absolute atomic E-state index is 0.175. The first-order chi connectivity index (χ1) is 11.1. The van der Waals surface area contributed by atoms with Gasteiger partial charge in [0.25, 0.3) is 0 Å². The van der Waals surface area contributed by atoms with Gasteiger partial charge in [0.1, 0.15) is 12.2 Å². The lowest BCUT2D eigenvalue weighted by molar-refractivity contribution is -0.142. The van der Waals surface area contributed by atoms with Crippen molar-refractivity contribution in [2.24, 2.45) is 0 Å². The molecule has 3 rings (SSSR count). The van der Waals surface area contributed by atoms with E-state index in [0.29, 0.717) is 6.54 Å². The molecule has 23 heavy (non-hydrogen) atoms. The fourth-order valence-corrected chi connectivity index (χ4v) is 2.68. The van der Waals surface area contributed by atoms with Crippen LogP contribution in [0, 0.1) is 0 Å². The molecule has 7 nitrogen and oxygen atoms in total. The van der Waals surface area contributed by atoms with Crippen molar-refractivity contribution >= 4 is 28.8 Å². The largest absolute Gasteiger partial charge is 0.354 e. The van der Waals surface area contributed by atoms with Gasteiger partial charge < -0.3 is 9.88 Å². The number of carbonyl (C=O) groups excluding carboxylic acids is 3. The van der Waals surface area contributed by atoms with Crippen LogP contribution in [0.15, 0.2) is 30.6 Å². The molecule has 0 atom stereocenters. The summed E-state index contributed by atoms with van der Waals surface area (Å²) in [5.41, 5.74) is 0.923. The van der Waals surface area contributed by atoms with Gasteiger partial charge in [0.2, 0.25) is 17.7 Å². The molecule has 1 aliphatic rings. The minimum atomic E-state index is -0.302. The van der Waals surface area contributed by atoms with Gasteiger partial charge in [-0.2, -0.15) is 0 Å². The zero-order valence-corrected chi connectivity index (χ0v) is 12.7. The molecule has 2 aromatic heterocycles. The molecule has 1 saturated heterocycles. The Balaban J connectivity index is 1.44. The first-order valence-corrected chi connectivity index (χ1v) is 7.65. The van der Waals surface area contributed by atoms with E-state index in [9.17, 15) is 14.4 Å². The number of likely N-dealkylation sites (tertiary alicyclic amines) is 1. The average Bonchev–Trinajstić information content (AvgIpc) is 3.10. The summed E-state index contributed by atoms with van der Waals surface area (Å²) in [6, 6.07) is 5.91. The van der Waals surface area contributed by atoms with Crippen molar-refractivity contribution < 1.29 is 14.4 Å². The van der Waals surface area contributed by atoms with Crippen LogP contribution in [-0.4, -0.2) is 45.3 Å². The van der Waals surface area contributed by atoms with Crippen LogP contribution >= 0.6 is 0 Å². The van der Waals surface area contributed by atoms with Gasteiger partial charge in [0.05, 0.1) is 0 Å². The maximum absolute atomic E-state index is 11.8. The fraction of sp³-hybridized carbons (Fsp3) is 0.375. The van der Waals surface area contributed by atoms with E-state index in [0.717, 1.165) is 28.9 Å². The van der Waals surface area contributed by atoms with Crippen molar-refractivity contribution in [1.29, 1.82) is 0 Å². The molecular formula is C16H18N4O3. The van der Waals surface area contributed by atoms with Gasteiger partial charge in [0.15, 0.2) is 0 Å². The van der Waals surface area contributed by atoms with Crippen LogP contribution in [0.25, 0.3) is 11.0 Å². The summed E-state index contributed by atoms with van der Waals surface area (Å²) in [4.78, 5) is 40.0. The number of fused-ring (bicyclic) bond motifs is 1. The summed E-state index contributed by atoms with van der Waals surface area (Å²) in [5.74, 6) is -0.839. The number of pyridine rings is 1. The van der Waals surface area contributed by atoms with Crippen molar-refractivity contribution in [3.05, 3.63) is 30.6 Å². The summed E-state index contributed by atoms with van der Waals surface area (Å²) in [5, 5.41) is 3.83. The Bertz CT molecular complexity index is 737. The highest BCUT2D eigenvalue weighted by Crippen LogP contribution is 2.12. The van der Waals surface area contributed by atoms with E-state index < -0.39 is 0 Å². The normalized spacial score (nSPS) is 14.7. The number of carbonyl (C=O) groups is 3. The van der Waals surface area contributed by atoms with E-state index >= 15 is 0 Å². The minimum Gasteiger partial charge on any atom is -0.354 e. The summed E-state index contributed by atoms with van der Waals surface area (Å²) in [7, 11) is 0. The second-order valence-corrected chi connectivity index (χ2v) is 5.50. The van der Waals surface area contributed by atoms with Crippen LogP contribution in [-0.2, 0) is 20.9 Å². The monoisotopic (exact) mass is 314 g/mol. The Labute approximate surface area is 133 Å². The Morgan fingerprint density at radius 2 is 2.00 bits per heavy atom. The van der Waals surface area contributed by atoms with Gasteiger partial charge in [-0.3, -0.25) is 19.3 Å². The molecule has 3 heterocycles. The second-order valence-electron chi connectivity index (χ2n) is 5.50. The Morgan fingerprint density at radius 3 is 2.78 bits per heavy atom. The molecule has 0 aromatic carbocycles. The van der Waals surface area contributed by atoms with Crippen molar-refractivity contribution in [1.82, 2.24) is 19.8 Å². The quantitative estimate of drug-likeness (QED) is 0.628. The molecule has 0 bridgehead atoms. The molecule has 0 radical (unpaired) electrons. The van der Waals surface area contributed by atoms with Gasteiger partial charge in [0, 0.05) is 43.7 Å². The zero-order chi connectivity index (χ0) is 16.2. The molecule has 0 unspecified atom stereocenters. The van der Waals surface area contributed by atoms with Gasteiger partial charge in [-0.05, 0) is 24.6 Å². The second kappa shape index (κ2) is 6.60. The van der Waals surface area contributed by atoms with E-state index in [-0.39, 0.29) is 37.1 Å². The Morgan fingerprint density at radius 1 is 1.22 bits per heavy atom. The summed E-state index contributed by atoms with van der Waals surface area (Å²) in [6.45, 7) is 1.05. The number of nitrogens with zero attached hydrogens (tertiary/aromatic N) is 3. The number of hydrogen-bond acceptors (Lipinski definition) is 4. The highest BCUT2D eigenvalue weighted by molar-refractivity contribution is 6.04. The molecule has 1 N–H and O–H groups in total. The van der Waals surface area contributed by atoms with Crippen molar-refractivity contribution in [2.45, 2.75) is 25.8 Å². The maximum Gasteiger partial charge on any atom is 0.240 e. The number of amides is 3. The number of rotatable bonds is 6. The van der Waals surface area contributed by atoms with Gasteiger partial charge in [-0.25, -0.2) is 4.98 Å². The van der Waals surface area contributed by atoms with E-state index in [1.807, 2.05) is 29.0 Å². The van der Waals surface area contributed by atoms with E-state index in [4.69, 9.17) is 0 Å². The third-order valence-electron chi connectivity index (χ3n) is 3.88. The SMILES string of the molecule is O=C(CN1C(=O)CCC1=O)NCCCn1ccc2cccnc21. The van der Waals surface area contributed by atoms with E-state index in [2.05, 4.69) is 10.3 Å². The number of aryl methyl sites for hydroxylation is 1. The van der Waals surface area contributed by atoms with Crippen molar-refractivity contribution in [2.75, 3.05) is 13.1 Å². The lowest BCUT2D eigenvalue weighted by Gasteiger charge is -2.13.